The number of benzene rings is 2. The van der Waals surface area contributed by atoms with Crippen LogP contribution >= 0.6 is 0 Å². The molecular formula is C15H15Sn. The van der Waals surface area contributed by atoms with Crippen LogP contribution in [0.2, 0.25) is 9.88 Å². The first-order chi connectivity index (χ1) is 7.79. The fourth-order valence-electron chi connectivity index (χ4n) is 2.78. The van der Waals surface area contributed by atoms with Crippen molar-refractivity contribution >= 4 is 19.8 Å². The molecule has 0 N–H and O–H groups in total. The third-order valence-electron chi connectivity index (χ3n) is 3.41. The van der Waals surface area contributed by atoms with E-state index in [0.717, 1.165) is 3.93 Å². The molecule has 0 spiro atoms. The fraction of sp³-hybridized carbons (Fsp3) is 0.200. The molecule has 1 radical (unpaired) electrons. The van der Waals surface area contributed by atoms with E-state index >= 15 is 0 Å². The molecule has 79 valence electrons. The topological polar surface area (TPSA) is 0 Å². The Balaban J connectivity index is 2.30. The molecule has 0 nitrogen and oxygen atoms in total. The van der Waals surface area contributed by atoms with Crippen molar-refractivity contribution in [2.45, 2.75) is 13.8 Å². The van der Waals surface area contributed by atoms with Gasteiger partial charge in [-0.3, -0.25) is 0 Å². The summed E-state index contributed by atoms with van der Waals surface area (Å²) in [5.74, 6) is 0. The van der Waals surface area contributed by atoms with E-state index in [2.05, 4.69) is 58.4 Å². The van der Waals surface area contributed by atoms with E-state index in [1.807, 2.05) is 0 Å². The van der Waals surface area contributed by atoms with Gasteiger partial charge in [-0.25, -0.2) is 0 Å². The van der Waals surface area contributed by atoms with Gasteiger partial charge in [-0.1, -0.05) is 0 Å². The van der Waals surface area contributed by atoms with Crippen LogP contribution in [0.25, 0.3) is 11.1 Å². The maximum absolute atomic E-state index is 2.51. The van der Waals surface area contributed by atoms with Gasteiger partial charge in [-0.15, -0.1) is 0 Å². The van der Waals surface area contributed by atoms with Crippen molar-refractivity contribution in [3.8, 4) is 11.1 Å². The van der Waals surface area contributed by atoms with Gasteiger partial charge in [0.15, 0.2) is 0 Å². The van der Waals surface area contributed by atoms with Gasteiger partial charge in [0.05, 0.1) is 0 Å². The predicted octanol–water partition coefficient (Wildman–Crippen LogP) is 4.09. The Hall–Kier alpha value is -0.761. The molecule has 0 heterocycles. The summed E-state index contributed by atoms with van der Waals surface area (Å²) in [7, 11) is 0. The van der Waals surface area contributed by atoms with E-state index in [4.69, 9.17) is 0 Å². The molecule has 16 heavy (non-hydrogen) atoms. The van der Waals surface area contributed by atoms with Gasteiger partial charge in [0, 0.05) is 0 Å². The molecule has 1 aliphatic carbocycles. The van der Waals surface area contributed by atoms with Crippen LogP contribution < -0.4 is 0 Å². The normalized spacial score (nSPS) is 13.9. The van der Waals surface area contributed by atoms with E-state index in [1.54, 1.807) is 11.1 Å². The van der Waals surface area contributed by atoms with Gasteiger partial charge >= 0.3 is 104 Å². The first-order valence-corrected chi connectivity index (χ1v) is 13.1. The summed E-state index contributed by atoms with van der Waals surface area (Å²) in [6.07, 6.45) is 0. The van der Waals surface area contributed by atoms with Crippen molar-refractivity contribution in [1.82, 2.24) is 0 Å². The summed E-state index contributed by atoms with van der Waals surface area (Å²) in [4.78, 5) is 5.01. The van der Waals surface area contributed by atoms with Crippen molar-refractivity contribution in [3.63, 3.8) is 0 Å². The average molecular weight is 314 g/mol. The molecule has 0 bridgehead atoms. The fourth-order valence-corrected chi connectivity index (χ4v) is 7.77. The first kappa shape index (κ1) is 10.4. The molecular weight excluding hydrogens is 299 g/mol. The number of hydrogen-bond donors (Lipinski definition) is 0. The Morgan fingerprint density at radius 3 is 1.62 bits per heavy atom. The van der Waals surface area contributed by atoms with Crippen LogP contribution in [-0.2, 0) is 0 Å². The van der Waals surface area contributed by atoms with E-state index in [-0.39, 0.29) is 0 Å². The van der Waals surface area contributed by atoms with Crippen LogP contribution in [0.15, 0.2) is 48.5 Å². The third-order valence-corrected chi connectivity index (χ3v) is 8.48. The molecule has 0 unspecified atom stereocenters. The van der Waals surface area contributed by atoms with Crippen molar-refractivity contribution in [1.29, 1.82) is 0 Å². The molecule has 0 amide bonds. The summed E-state index contributed by atoms with van der Waals surface area (Å²) in [5, 5.41) is 0. The second kappa shape index (κ2) is 3.92. The molecule has 2 aromatic carbocycles. The van der Waals surface area contributed by atoms with Gasteiger partial charge in [-0.05, 0) is 0 Å². The summed E-state index contributed by atoms with van der Waals surface area (Å²) >= 11 is -1.26. The second-order valence-corrected chi connectivity index (χ2v) is 12.5. The molecule has 0 saturated carbocycles. The molecule has 0 atom stereocenters. The van der Waals surface area contributed by atoms with Crippen molar-refractivity contribution in [3.05, 3.63) is 59.7 Å². The van der Waals surface area contributed by atoms with E-state index < -0.39 is 19.8 Å². The Bertz CT molecular complexity index is 483. The van der Waals surface area contributed by atoms with Crippen molar-refractivity contribution < 1.29 is 0 Å². The number of hydrogen-bond acceptors (Lipinski definition) is 0. The number of rotatable bonds is 1. The first-order valence-electron chi connectivity index (χ1n) is 5.77. The quantitative estimate of drug-likeness (QED) is 0.696. The summed E-state index contributed by atoms with van der Waals surface area (Å²) in [6, 6.07) is 17.9. The van der Waals surface area contributed by atoms with Crippen LogP contribution in [0.1, 0.15) is 15.1 Å². The van der Waals surface area contributed by atoms with Gasteiger partial charge in [0.25, 0.3) is 0 Å². The van der Waals surface area contributed by atoms with Crippen LogP contribution in [-0.4, -0.2) is 19.8 Å². The Kier molecular flexibility index (Phi) is 2.55. The third kappa shape index (κ3) is 1.43. The number of fused-ring (bicyclic) bond motifs is 3. The standard InChI is InChI=1S/C13H9.2CH3.Sn/c1-3-7-12-10(5-1)9-11-6-2-4-8-13(11)12;;;/h1-9H;2*1H3;. The van der Waals surface area contributed by atoms with Gasteiger partial charge < -0.3 is 0 Å². The van der Waals surface area contributed by atoms with E-state index in [9.17, 15) is 0 Å². The predicted molar refractivity (Wildman–Crippen MR) is 71.2 cm³/mol. The van der Waals surface area contributed by atoms with Gasteiger partial charge in [0.2, 0.25) is 0 Å². The maximum atomic E-state index is 2.51. The molecule has 3 rings (SSSR count). The van der Waals surface area contributed by atoms with Crippen molar-refractivity contribution in [2.24, 2.45) is 0 Å². The molecule has 1 heteroatoms. The zero-order valence-electron chi connectivity index (χ0n) is 9.70. The van der Waals surface area contributed by atoms with Crippen LogP contribution in [0.3, 0.4) is 0 Å². The minimum atomic E-state index is -1.26. The molecule has 1 aliphatic rings. The Morgan fingerprint density at radius 2 is 1.19 bits per heavy atom. The summed E-state index contributed by atoms with van der Waals surface area (Å²) < 4.78 is 0.773. The molecule has 0 fully saturated rings. The van der Waals surface area contributed by atoms with E-state index in [1.165, 1.54) is 11.1 Å². The van der Waals surface area contributed by atoms with Crippen LogP contribution in [0, 0.1) is 0 Å². The average Bonchev–Trinajstić information content (AvgIpc) is 2.63. The van der Waals surface area contributed by atoms with Crippen molar-refractivity contribution in [2.75, 3.05) is 0 Å². The zero-order chi connectivity index (χ0) is 11.1. The molecule has 2 aromatic rings. The van der Waals surface area contributed by atoms with Gasteiger partial charge in [0.1, 0.15) is 0 Å². The van der Waals surface area contributed by atoms with E-state index in [0.29, 0.717) is 0 Å². The molecule has 0 aliphatic heterocycles. The summed E-state index contributed by atoms with van der Waals surface area (Å²) in [5.41, 5.74) is 6.13. The zero-order valence-corrected chi connectivity index (χ0v) is 12.6. The van der Waals surface area contributed by atoms with Gasteiger partial charge in [-0.2, -0.15) is 0 Å². The monoisotopic (exact) mass is 315 g/mol. The molecule has 0 aromatic heterocycles. The minimum absolute atomic E-state index is 0.773. The molecule has 0 saturated heterocycles. The summed E-state index contributed by atoms with van der Waals surface area (Å²) in [6.45, 7) is 0. The Labute approximate surface area is 104 Å². The second-order valence-electron chi connectivity index (χ2n) is 4.68. The Morgan fingerprint density at radius 1 is 0.750 bits per heavy atom. The van der Waals surface area contributed by atoms with Crippen LogP contribution in [0.5, 0.6) is 0 Å². The van der Waals surface area contributed by atoms with Crippen LogP contribution in [0.4, 0.5) is 0 Å². The SMILES string of the molecule is [CH3][Sn]([CH3])[CH]1c2ccccc2-c2ccccc21.